The molecular formula is C14H16N2O3. The third-order valence-corrected chi connectivity index (χ3v) is 2.96. The molecule has 0 aliphatic carbocycles. The number of hydrogen-bond donors (Lipinski definition) is 1. The van der Waals surface area contributed by atoms with Crippen molar-refractivity contribution in [2.24, 2.45) is 0 Å². The Morgan fingerprint density at radius 2 is 2.05 bits per heavy atom. The van der Waals surface area contributed by atoms with Gasteiger partial charge in [0.15, 0.2) is 11.5 Å². The van der Waals surface area contributed by atoms with Crippen molar-refractivity contribution in [3.8, 4) is 11.5 Å². The highest BCUT2D eigenvalue weighted by Gasteiger charge is 2.11. The smallest absolute Gasteiger partial charge is 0.294 e. The fourth-order valence-corrected chi connectivity index (χ4v) is 2.02. The Labute approximate surface area is 111 Å². The zero-order chi connectivity index (χ0) is 13.1. The number of anilines is 1. The van der Waals surface area contributed by atoms with E-state index in [0.717, 1.165) is 29.2 Å². The van der Waals surface area contributed by atoms with Gasteiger partial charge >= 0.3 is 0 Å². The Bertz CT molecular complexity index is 566. The van der Waals surface area contributed by atoms with Crippen LogP contribution in [0.15, 0.2) is 28.8 Å². The van der Waals surface area contributed by atoms with E-state index >= 15 is 0 Å². The van der Waals surface area contributed by atoms with Crippen LogP contribution in [0, 0.1) is 0 Å². The average molecular weight is 260 g/mol. The van der Waals surface area contributed by atoms with Gasteiger partial charge in [-0.25, -0.2) is 4.98 Å². The monoisotopic (exact) mass is 260 g/mol. The van der Waals surface area contributed by atoms with Gasteiger partial charge in [0.1, 0.15) is 5.76 Å². The minimum atomic E-state index is 0.532. The molecule has 2 heterocycles. The summed E-state index contributed by atoms with van der Waals surface area (Å²) in [7, 11) is 1.78. The van der Waals surface area contributed by atoms with Crippen LogP contribution in [0.3, 0.4) is 0 Å². The molecule has 0 amide bonds. The molecule has 2 aromatic rings. The van der Waals surface area contributed by atoms with E-state index < -0.39 is 0 Å². The van der Waals surface area contributed by atoms with E-state index in [4.69, 9.17) is 13.9 Å². The third kappa shape index (κ3) is 2.65. The Morgan fingerprint density at radius 3 is 2.84 bits per heavy atom. The number of hydrogen-bond acceptors (Lipinski definition) is 5. The number of aromatic nitrogens is 1. The highest BCUT2D eigenvalue weighted by Crippen LogP contribution is 2.31. The maximum atomic E-state index is 5.67. The first-order chi connectivity index (χ1) is 9.35. The van der Waals surface area contributed by atoms with Gasteiger partial charge in [-0.15, -0.1) is 0 Å². The Balaban J connectivity index is 1.79. The molecule has 19 heavy (non-hydrogen) atoms. The lowest BCUT2D eigenvalue weighted by Crippen LogP contribution is -1.97. The van der Waals surface area contributed by atoms with E-state index in [1.54, 1.807) is 13.2 Å². The van der Waals surface area contributed by atoms with Crippen LogP contribution in [-0.4, -0.2) is 25.2 Å². The second-order valence-electron chi connectivity index (χ2n) is 4.39. The average Bonchev–Trinajstić information content (AvgIpc) is 2.75. The number of nitrogens with one attached hydrogen (secondary N) is 1. The Kier molecular flexibility index (Phi) is 3.27. The maximum absolute atomic E-state index is 5.67. The van der Waals surface area contributed by atoms with Crippen molar-refractivity contribution in [3.63, 3.8) is 0 Å². The summed E-state index contributed by atoms with van der Waals surface area (Å²) in [5.74, 6) is 2.44. The molecule has 0 atom stereocenters. The van der Waals surface area contributed by atoms with E-state index in [1.165, 1.54) is 0 Å². The number of nitrogens with zero attached hydrogens (tertiary/aromatic N) is 1. The fraction of sp³-hybridized carbons (Fsp3) is 0.357. The van der Waals surface area contributed by atoms with Crippen LogP contribution in [-0.2, 0) is 6.42 Å². The van der Waals surface area contributed by atoms with Crippen LogP contribution >= 0.6 is 0 Å². The summed E-state index contributed by atoms with van der Waals surface area (Å²) in [5, 5.41) is 2.87. The molecule has 0 unspecified atom stereocenters. The standard InChI is InChI=1S/C14H16N2O3/c1-15-14-16-9-11(19-14)7-10-3-4-12-13(8-10)18-6-2-5-17-12/h3-4,8-9H,2,5-7H2,1H3,(H,15,16). The van der Waals surface area contributed by atoms with Crippen LogP contribution in [0.5, 0.6) is 11.5 Å². The largest absolute Gasteiger partial charge is 0.490 e. The topological polar surface area (TPSA) is 56.5 Å². The van der Waals surface area contributed by atoms with Gasteiger partial charge in [-0.1, -0.05) is 6.07 Å². The molecule has 100 valence electrons. The number of oxazole rings is 1. The lowest BCUT2D eigenvalue weighted by atomic mass is 10.1. The van der Waals surface area contributed by atoms with Crippen molar-refractivity contribution in [1.82, 2.24) is 4.98 Å². The molecule has 0 bridgehead atoms. The molecule has 1 aliphatic rings. The summed E-state index contributed by atoms with van der Waals surface area (Å²) in [6.45, 7) is 1.41. The van der Waals surface area contributed by atoms with Gasteiger partial charge < -0.3 is 19.2 Å². The molecule has 0 saturated carbocycles. The molecule has 1 aliphatic heterocycles. The summed E-state index contributed by atoms with van der Waals surface area (Å²) >= 11 is 0. The summed E-state index contributed by atoms with van der Waals surface area (Å²) < 4.78 is 16.8. The molecular weight excluding hydrogens is 244 g/mol. The normalized spacial score (nSPS) is 13.9. The lowest BCUT2D eigenvalue weighted by molar-refractivity contribution is 0.297. The molecule has 0 saturated heterocycles. The van der Waals surface area contributed by atoms with Gasteiger partial charge in [-0.05, 0) is 17.7 Å². The molecule has 5 nitrogen and oxygen atoms in total. The minimum Gasteiger partial charge on any atom is -0.490 e. The van der Waals surface area contributed by atoms with Crippen LogP contribution in [0.25, 0.3) is 0 Å². The predicted octanol–water partition coefficient (Wildman–Crippen LogP) is 2.47. The lowest BCUT2D eigenvalue weighted by Gasteiger charge is -2.08. The Morgan fingerprint density at radius 1 is 1.21 bits per heavy atom. The van der Waals surface area contributed by atoms with Crippen molar-refractivity contribution < 1.29 is 13.9 Å². The molecule has 0 radical (unpaired) electrons. The van der Waals surface area contributed by atoms with Crippen molar-refractivity contribution in [2.75, 3.05) is 25.6 Å². The van der Waals surface area contributed by atoms with Crippen molar-refractivity contribution >= 4 is 6.01 Å². The van der Waals surface area contributed by atoms with E-state index in [2.05, 4.69) is 10.3 Å². The van der Waals surface area contributed by atoms with E-state index in [-0.39, 0.29) is 0 Å². The number of benzene rings is 1. The molecule has 0 fully saturated rings. The summed E-state index contributed by atoms with van der Waals surface area (Å²) in [4.78, 5) is 4.10. The first kappa shape index (κ1) is 11.9. The molecule has 1 aromatic heterocycles. The van der Waals surface area contributed by atoms with Gasteiger partial charge in [0.05, 0.1) is 19.4 Å². The molecule has 1 N–H and O–H groups in total. The highest BCUT2D eigenvalue weighted by atomic mass is 16.5. The summed E-state index contributed by atoms with van der Waals surface area (Å²) in [6, 6.07) is 6.51. The molecule has 1 aromatic carbocycles. The number of ether oxygens (including phenoxy) is 2. The maximum Gasteiger partial charge on any atom is 0.294 e. The van der Waals surface area contributed by atoms with Crippen LogP contribution in [0.4, 0.5) is 6.01 Å². The molecule has 5 heteroatoms. The fourth-order valence-electron chi connectivity index (χ4n) is 2.02. The van der Waals surface area contributed by atoms with Crippen molar-refractivity contribution in [2.45, 2.75) is 12.8 Å². The van der Waals surface area contributed by atoms with Gasteiger partial charge in [-0.2, -0.15) is 0 Å². The van der Waals surface area contributed by atoms with E-state index in [1.807, 2.05) is 18.2 Å². The summed E-state index contributed by atoms with van der Waals surface area (Å²) in [5.41, 5.74) is 1.11. The second kappa shape index (κ2) is 5.22. The SMILES string of the molecule is CNc1ncc(Cc2ccc3c(c2)OCCCO3)o1. The highest BCUT2D eigenvalue weighted by molar-refractivity contribution is 5.44. The molecule has 3 rings (SSSR count). The van der Waals surface area contributed by atoms with Crippen LogP contribution in [0.1, 0.15) is 17.7 Å². The first-order valence-corrected chi connectivity index (χ1v) is 6.36. The summed E-state index contributed by atoms with van der Waals surface area (Å²) in [6.07, 6.45) is 3.33. The van der Waals surface area contributed by atoms with Crippen molar-refractivity contribution in [3.05, 3.63) is 35.7 Å². The Hall–Kier alpha value is -2.17. The predicted molar refractivity (Wildman–Crippen MR) is 70.9 cm³/mol. The minimum absolute atomic E-state index is 0.532. The van der Waals surface area contributed by atoms with Gasteiger partial charge in [-0.3, -0.25) is 0 Å². The zero-order valence-electron chi connectivity index (χ0n) is 10.8. The van der Waals surface area contributed by atoms with E-state index in [0.29, 0.717) is 25.6 Å². The van der Waals surface area contributed by atoms with Crippen LogP contribution in [0.2, 0.25) is 0 Å². The van der Waals surface area contributed by atoms with E-state index in [9.17, 15) is 0 Å². The number of fused-ring (bicyclic) bond motifs is 1. The van der Waals surface area contributed by atoms with Gasteiger partial charge in [0.25, 0.3) is 6.01 Å². The molecule has 0 spiro atoms. The second-order valence-corrected chi connectivity index (χ2v) is 4.39. The zero-order valence-corrected chi connectivity index (χ0v) is 10.8. The quantitative estimate of drug-likeness (QED) is 0.918. The van der Waals surface area contributed by atoms with Crippen LogP contribution < -0.4 is 14.8 Å². The van der Waals surface area contributed by atoms with Gasteiger partial charge in [0, 0.05) is 19.9 Å². The van der Waals surface area contributed by atoms with Crippen molar-refractivity contribution in [1.29, 1.82) is 0 Å². The van der Waals surface area contributed by atoms with Gasteiger partial charge in [0.2, 0.25) is 0 Å². The number of rotatable bonds is 3. The first-order valence-electron chi connectivity index (χ1n) is 6.36. The third-order valence-electron chi connectivity index (χ3n) is 2.96.